The van der Waals surface area contributed by atoms with Gasteiger partial charge in [0.15, 0.2) is 6.29 Å². The van der Waals surface area contributed by atoms with E-state index in [1.54, 1.807) is 18.9 Å². The van der Waals surface area contributed by atoms with E-state index in [1.165, 1.54) is 128 Å². The van der Waals surface area contributed by atoms with Crippen LogP contribution in [0.2, 0.25) is 0 Å². The van der Waals surface area contributed by atoms with Crippen LogP contribution < -0.4 is 0 Å². The van der Waals surface area contributed by atoms with Crippen molar-refractivity contribution >= 4 is 11.6 Å². The van der Waals surface area contributed by atoms with Crippen LogP contribution in [0.15, 0.2) is 0 Å². The van der Waals surface area contributed by atoms with Gasteiger partial charge in [-0.3, -0.25) is 14.5 Å². The number of hydrogen-bond donors (Lipinski definition) is 2. The molecule has 0 aliphatic heterocycles. The van der Waals surface area contributed by atoms with Gasteiger partial charge in [0.1, 0.15) is 11.6 Å². The summed E-state index contributed by atoms with van der Waals surface area (Å²) in [5, 5.41) is 18.8. The zero-order valence-electron chi connectivity index (χ0n) is 29.4. The van der Waals surface area contributed by atoms with Crippen molar-refractivity contribution in [2.75, 3.05) is 20.1 Å². The highest BCUT2D eigenvalue weighted by Crippen LogP contribution is 2.27. The highest BCUT2D eigenvalue weighted by atomic mass is 16.5. The van der Waals surface area contributed by atoms with Crippen molar-refractivity contribution in [1.82, 2.24) is 4.90 Å². The first kappa shape index (κ1) is 42.2. The Balaban J connectivity index is 4.27. The highest BCUT2D eigenvalue weighted by Gasteiger charge is 2.40. The minimum Gasteiger partial charge on any atom is -0.367 e. The predicted molar refractivity (Wildman–Crippen MR) is 184 cm³/mol. The lowest BCUT2D eigenvalue weighted by molar-refractivity contribution is -0.142. The van der Waals surface area contributed by atoms with Gasteiger partial charge in [0.05, 0.1) is 5.41 Å². The number of Topliss-reactive ketones (excluding diaryl/α,β-unsaturated/α-hetero) is 2. The molecule has 5 nitrogen and oxygen atoms in total. The zero-order chi connectivity index (χ0) is 32.0. The minimum atomic E-state index is -1.47. The van der Waals surface area contributed by atoms with E-state index >= 15 is 0 Å². The molecule has 0 unspecified atom stereocenters. The van der Waals surface area contributed by atoms with Crippen LogP contribution in [0.3, 0.4) is 0 Å². The van der Waals surface area contributed by atoms with E-state index in [0.29, 0.717) is 12.8 Å². The Kier molecular flexibility index (Phi) is 29.4. The Morgan fingerprint density at radius 2 is 0.767 bits per heavy atom. The van der Waals surface area contributed by atoms with Gasteiger partial charge < -0.3 is 10.2 Å². The van der Waals surface area contributed by atoms with Crippen LogP contribution in [-0.4, -0.2) is 53.1 Å². The van der Waals surface area contributed by atoms with Gasteiger partial charge >= 0.3 is 0 Å². The van der Waals surface area contributed by atoms with Crippen molar-refractivity contribution in [2.45, 2.75) is 207 Å². The molecule has 0 atom stereocenters. The highest BCUT2D eigenvalue weighted by molar-refractivity contribution is 6.06. The van der Waals surface area contributed by atoms with Gasteiger partial charge in [-0.15, -0.1) is 0 Å². The maximum Gasteiger partial charge on any atom is 0.164 e. The summed E-state index contributed by atoms with van der Waals surface area (Å²) in [5.74, 6) is 0.0455. The normalized spacial score (nSPS) is 12.1. The van der Waals surface area contributed by atoms with Crippen LogP contribution in [0, 0.1) is 5.41 Å². The molecule has 0 aliphatic rings. The Hall–Kier alpha value is -0.780. The standard InChI is InChI=1S/C38H75NO4/c1-5-7-9-11-13-15-17-19-21-23-25-27-29-31-35(40)38(3,34-39(4)33-37(42)43)36(41)32-30-28-26-24-22-20-18-16-14-12-10-8-6-2/h37,42-43H,5-34H2,1-4H3. The molecule has 0 bridgehead atoms. The van der Waals surface area contributed by atoms with Crippen LogP contribution in [-0.2, 0) is 9.59 Å². The van der Waals surface area contributed by atoms with Crippen molar-refractivity contribution in [1.29, 1.82) is 0 Å². The molecule has 0 aromatic rings. The third-order valence-corrected chi connectivity index (χ3v) is 9.31. The molecule has 0 spiro atoms. The average molecular weight is 610 g/mol. The Bertz CT molecular complexity index is 593. The molecule has 43 heavy (non-hydrogen) atoms. The molecule has 0 aromatic carbocycles. The van der Waals surface area contributed by atoms with E-state index in [2.05, 4.69) is 13.8 Å². The summed E-state index contributed by atoms with van der Waals surface area (Å²) < 4.78 is 0. The van der Waals surface area contributed by atoms with Crippen molar-refractivity contribution < 1.29 is 19.8 Å². The fourth-order valence-corrected chi connectivity index (χ4v) is 6.37. The van der Waals surface area contributed by atoms with E-state index in [0.717, 1.165) is 38.5 Å². The molecule has 2 N–H and O–H groups in total. The first-order valence-electron chi connectivity index (χ1n) is 18.9. The largest absolute Gasteiger partial charge is 0.367 e. The fraction of sp³-hybridized carbons (Fsp3) is 0.947. The third-order valence-electron chi connectivity index (χ3n) is 9.31. The Labute approximate surface area is 268 Å². The van der Waals surface area contributed by atoms with Gasteiger partial charge in [0, 0.05) is 25.9 Å². The van der Waals surface area contributed by atoms with Crippen LogP contribution in [0.25, 0.3) is 0 Å². The molecule has 0 rings (SSSR count). The summed E-state index contributed by atoms with van der Waals surface area (Å²) in [6, 6.07) is 0. The molecule has 0 saturated carbocycles. The van der Waals surface area contributed by atoms with Crippen molar-refractivity contribution in [3.05, 3.63) is 0 Å². The van der Waals surface area contributed by atoms with Crippen LogP contribution >= 0.6 is 0 Å². The molecule has 5 heteroatoms. The second kappa shape index (κ2) is 29.9. The summed E-state index contributed by atoms with van der Waals surface area (Å²) in [7, 11) is 1.76. The molecular weight excluding hydrogens is 534 g/mol. The van der Waals surface area contributed by atoms with E-state index in [1.807, 2.05) is 0 Å². The monoisotopic (exact) mass is 610 g/mol. The number of aliphatic hydroxyl groups excluding tert-OH is 1. The third kappa shape index (κ3) is 25.1. The lowest BCUT2D eigenvalue weighted by Gasteiger charge is -2.32. The smallest absolute Gasteiger partial charge is 0.164 e. The fourth-order valence-electron chi connectivity index (χ4n) is 6.37. The topological polar surface area (TPSA) is 77.8 Å². The molecule has 256 valence electrons. The molecule has 0 fully saturated rings. The number of aliphatic hydroxyl groups is 2. The quantitative estimate of drug-likeness (QED) is 0.0431. The zero-order valence-corrected chi connectivity index (χ0v) is 29.4. The molecule has 0 radical (unpaired) electrons. The van der Waals surface area contributed by atoms with Gasteiger partial charge in [-0.2, -0.15) is 0 Å². The summed E-state index contributed by atoms with van der Waals surface area (Å²) in [6.07, 6.45) is 32.3. The minimum absolute atomic E-state index is 0.0227. The summed E-state index contributed by atoms with van der Waals surface area (Å²) in [5.41, 5.74) is -1.07. The van der Waals surface area contributed by atoms with Gasteiger partial charge in [-0.1, -0.05) is 168 Å². The number of carbonyl (C=O) groups excluding carboxylic acids is 2. The number of carbonyl (C=O) groups is 2. The van der Waals surface area contributed by atoms with Crippen molar-refractivity contribution in [3.8, 4) is 0 Å². The van der Waals surface area contributed by atoms with Gasteiger partial charge in [-0.25, -0.2) is 0 Å². The maximum atomic E-state index is 13.4. The lowest BCUT2D eigenvalue weighted by Crippen LogP contribution is -2.47. The Morgan fingerprint density at radius 3 is 1.02 bits per heavy atom. The number of ketones is 2. The predicted octanol–water partition coefficient (Wildman–Crippen LogP) is 10.3. The number of likely N-dealkylation sites (N-methyl/N-ethyl adjacent to an activating group) is 1. The second-order valence-corrected chi connectivity index (χ2v) is 13.8. The number of unbranched alkanes of at least 4 members (excludes halogenated alkanes) is 24. The molecule has 0 aromatic heterocycles. The van der Waals surface area contributed by atoms with Gasteiger partial charge in [0.25, 0.3) is 0 Å². The summed E-state index contributed by atoms with van der Waals surface area (Å²) in [6.45, 7) is 6.61. The van der Waals surface area contributed by atoms with E-state index in [4.69, 9.17) is 0 Å². The van der Waals surface area contributed by atoms with E-state index in [9.17, 15) is 19.8 Å². The molecule has 0 amide bonds. The second-order valence-electron chi connectivity index (χ2n) is 13.8. The summed E-state index contributed by atoms with van der Waals surface area (Å²) in [4.78, 5) is 28.5. The lowest BCUT2D eigenvalue weighted by atomic mass is 9.77. The average Bonchev–Trinajstić information content (AvgIpc) is 2.97. The van der Waals surface area contributed by atoms with Crippen molar-refractivity contribution in [3.63, 3.8) is 0 Å². The van der Waals surface area contributed by atoms with E-state index in [-0.39, 0.29) is 24.7 Å². The number of rotatable bonds is 34. The maximum absolute atomic E-state index is 13.4. The van der Waals surface area contributed by atoms with Crippen LogP contribution in [0.4, 0.5) is 0 Å². The first-order valence-corrected chi connectivity index (χ1v) is 18.9. The summed E-state index contributed by atoms with van der Waals surface area (Å²) >= 11 is 0. The molecule has 0 saturated heterocycles. The molecule has 0 heterocycles. The van der Waals surface area contributed by atoms with Crippen molar-refractivity contribution in [2.24, 2.45) is 5.41 Å². The van der Waals surface area contributed by atoms with Gasteiger partial charge in [0.2, 0.25) is 0 Å². The van der Waals surface area contributed by atoms with Crippen LogP contribution in [0.5, 0.6) is 0 Å². The molecular formula is C38H75NO4. The first-order chi connectivity index (χ1) is 20.8. The SMILES string of the molecule is CCCCCCCCCCCCCCCC(=O)C(C)(CN(C)CC(O)O)C(=O)CCCCCCCCCCCCCCC. The van der Waals surface area contributed by atoms with Crippen LogP contribution in [0.1, 0.15) is 201 Å². The van der Waals surface area contributed by atoms with E-state index < -0.39 is 11.7 Å². The van der Waals surface area contributed by atoms with Gasteiger partial charge in [-0.05, 0) is 26.8 Å². The molecule has 0 aliphatic carbocycles. The number of nitrogens with zero attached hydrogens (tertiary/aromatic N) is 1. The number of hydrogen-bond acceptors (Lipinski definition) is 5. The Morgan fingerprint density at radius 1 is 0.512 bits per heavy atom.